The van der Waals surface area contributed by atoms with E-state index in [4.69, 9.17) is 11.6 Å². The van der Waals surface area contributed by atoms with Crippen LogP contribution in [0.2, 0.25) is 5.02 Å². The summed E-state index contributed by atoms with van der Waals surface area (Å²) < 4.78 is 26.0. The molecule has 0 radical (unpaired) electrons. The van der Waals surface area contributed by atoms with Crippen LogP contribution in [0.15, 0.2) is 48.5 Å². The van der Waals surface area contributed by atoms with E-state index in [1.165, 1.54) is 4.31 Å². The SMILES string of the molecule is CN1CCC(NC(=O)c2ccc(N(Cc3ccccc3Cl)S(C)(=O)=O)cc2)CC1. The summed E-state index contributed by atoms with van der Waals surface area (Å²) >= 11 is 6.20. The lowest BCUT2D eigenvalue weighted by atomic mass is 10.0. The number of amides is 1. The summed E-state index contributed by atoms with van der Waals surface area (Å²) in [5, 5.41) is 3.58. The smallest absolute Gasteiger partial charge is 0.251 e. The molecule has 0 aliphatic carbocycles. The van der Waals surface area contributed by atoms with E-state index < -0.39 is 10.0 Å². The van der Waals surface area contributed by atoms with Gasteiger partial charge in [-0.15, -0.1) is 0 Å². The third-order valence-corrected chi connectivity index (χ3v) is 6.65. The van der Waals surface area contributed by atoms with Gasteiger partial charge in [0.15, 0.2) is 0 Å². The van der Waals surface area contributed by atoms with Crippen molar-refractivity contribution in [1.29, 1.82) is 0 Å². The van der Waals surface area contributed by atoms with Crippen LogP contribution in [0, 0.1) is 0 Å². The van der Waals surface area contributed by atoms with Crippen LogP contribution in [0.4, 0.5) is 5.69 Å². The molecule has 6 nitrogen and oxygen atoms in total. The van der Waals surface area contributed by atoms with Gasteiger partial charge in [0.25, 0.3) is 5.91 Å². The van der Waals surface area contributed by atoms with Gasteiger partial charge in [-0.2, -0.15) is 0 Å². The lowest BCUT2D eigenvalue weighted by molar-refractivity contribution is 0.0917. The predicted molar refractivity (Wildman–Crippen MR) is 117 cm³/mol. The van der Waals surface area contributed by atoms with E-state index in [1.807, 2.05) is 6.07 Å². The van der Waals surface area contributed by atoms with Gasteiger partial charge >= 0.3 is 0 Å². The summed E-state index contributed by atoms with van der Waals surface area (Å²) in [6.07, 6.45) is 3.02. The number of benzene rings is 2. The number of piperidine rings is 1. The molecule has 2 aromatic rings. The number of nitrogens with zero attached hydrogens (tertiary/aromatic N) is 2. The average Bonchev–Trinajstić information content (AvgIpc) is 2.68. The van der Waals surface area contributed by atoms with Crippen molar-refractivity contribution >= 4 is 33.2 Å². The number of nitrogens with one attached hydrogen (secondary N) is 1. The van der Waals surface area contributed by atoms with Gasteiger partial charge in [-0.05, 0) is 68.9 Å². The number of halogens is 1. The third-order valence-electron chi connectivity index (χ3n) is 5.14. The molecule has 3 rings (SSSR count). The first-order chi connectivity index (χ1) is 13.7. The second-order valence-electron chi connectivity index (χ2n) is 7.46. The van der Waals surface area contributed by atoms with Crippen LogP contribution in [0.1, 0.15) is 28.8 Å². The van der Waals surface area contributed by atoms with Crippen molar-refractivity contribution in [3.63, 3.8) is 0 Å². The molecule has 0 bridgehead atoms. The summed E-state index contributed by atoms with van der Waals surface area (Å²) in [5.41, 5.74) is 1.71. The molecular weight excluding hydrogens is 410 g/mol. The van der Waals surface area contributed by atoms with Crippen molar-refractivity contribution < 1.29 is 13.2 Å². The molecule has 1 aliphatic rings. The zero-order chi connectivity index (χ0) is 21.0. The standard InChI is InChI=1S/C21H26ClN3O3S/c1-24-13-11-18(12-14-24)23-21(26)16-7-9-19(10-8-16)25(29(2,27)28)15-17-5-3-4-6-20(17)22/h3-10,18H,11-15H2,1-2H3,(H,23,26). The summed E-state index contributed by atoms with van der Waals surface area (Å²) in [7, 11) is -1.45. The molecule has 1 N–H and O–H groups in total. The molecular formula is C21H26ClN3O3S. The van der Waals surface area contributed by atoms with E-state index in [1.54, 1.807) is 42.5 Å². The van der Waals surface area contributed by atoms with Gasteiger partial charge in [-0.25, -0.2) is 8.42 Å². The first kappa shape index (κ1) is 21.6. The fourth-order valence-corrected chi connectivity index (χ4v) is 4.46. The van der Waals surface area contributed by atoms with Gasteiger partial charge in [-0.1, -0.05) is 29.8 Å². The highest BCUT2D eigenvalue weighted by Crippen LogP contribution is 2.24. The Morgan fingerprint density at radius 3 is 2.34 bits per heavy atom. The summed E-state index contributed by atoms with van der Waals surface area (Å²) in [4.78, 5) is 14.8. The first-order valence-corrected chi connectivity index (χ1v) is 11.8. The summed E-state index contributed by atoms with van der Waals surface area (Å²) in [6.45, 7) is 2.06. The van der Waals surface area contributed by atoms with Crippen molar-refractivity contribution in [3.05, 3.63) is 64.7 Å². The van der Waals surface area contributed by atoms with Crippen molar-refractivity contribution in [2.45, 2.75) is 25.4 Å². The molecule has 1 fully saturated rings. The second-order valence-corrected chi connectivity index (χ2v) is 9.77. The Kier molecular flexibility index (Phi) is 6.82. The van der Waals surface area contributed by atoms with Gasteiger partial charge < -0.3 is 10.2 Å². The van der Waals surface area contributed by atoms with Crippen molar-refractivity contribution in [1.82, 2.24) is 10.2 Å². The number of anilines is 1. The van der Waals surface area contributed by atoms with Crippen LogP contribution in [-0.4, -0.2) is 51.7 Å². The van der Waals surface area contributed by atoms with E-state index in [2.05, 4.69) is 17.3 Å². The maximum absolute atomic E-state index is 12.5. The molecule has 1 heterocycles. The molecule has 0 spiro atoms. The second kappa shape index (κ2) is 9.15. The zero-order valence-electron chi connectivity index (χ0n) is 16.6. The summed E-state index contributed by atoms with van der Waals surface area (Å²) in [5.74, 6) is -0.136. The highest BCUT2D eigenvalue weighted by atomic mass is 35.5. The minimum absolute atomic E-state index is 0.125. The van der Waals surface area contributed by atoms with Gasteiger partial charge in [0.05, 0.1) is 18.5 Å². The first-order valence-electron chi connectivity index (χ1n) is 9.54. The minimum atomic E-state index is -3.52. The largest absolute Gasteiger partial charge is 0.349 e. The monoisotopic (exact) mass is 435 g/mol. The van der Waals surface area contributed by atoms with Crippen LogP contribution in [0.25, 0.3) is 0 Å². The molecule has 1 amide bonds. The van der Waals surface area contributed by atoms with E-state index >= 15 is 0 Å². The quantitative estimate of drug-likeness (QED) is 0.756. The minimum Gasteiger partial charge on any atom is -0.349 e. The number of likely N-dealkylation sites (tertiary alicyclic amines) is 1. The lowest BCUT2D eigenvalue weighted by Crippen LogP contribution is -2.43. The van der Waals surface area contributed by atoms with Crippen LogP contribution in [0.5, 0.6) is 0 Å². The molecule has 1 aliphatic heterocycles. The number of carbonyl (C=O) groups excluding carboxylic acids is 1. The Morgan fingerprint density at radius 1 is 1.14 bits per heavy atom. The predicted octanol–water partition coefficient (Wildman–Crippen LogP) is 3.13. The molecule has 0 unspecified atom stereocenters. The maximum atomic E-state index is 12.5. The Hall–Kier alpha value is -2.09. The molecule has 156 valence electrons. The Balaban J connectivity index is 1.74. The van der Waals surface area contributed by atoms with Gasteiger partial charge in [0.1, 0.15) is 0 Å². The van der Waals surface area contributed by atoms with Crippen molar-refractivity contribution in [3.8, 4) is 0 Å². The molecule has 1 saturated heterocycles. The van der Waals surface area contributed by atoms with E-state index in [-0.39, 0.29) is 18.5 Å². The van der Waals surface area contributed by atoms with Gasteiger partial charge in [-0.3, -0.25) is 9.10 Å². The Morgan fingerprint density at radius 2 is 1.76 bits per heavy atom. The molecule has 8 heteroatoms. The van der Waals surface area contributed by atoms with Crippen LogP contribution in [-0.2, 0) is 16.6 Å². The number of hydrogen-bond donors (Lipinski definition) is 1. The van der Waals surface area contributed by atoms with E-state index in [0.717, 1.165) is 32.2 Å². The van der Waals surface area contributed by atoms with Crippen LogP contribution < -0.4 is 9.62 Å². The number of sulfonamides is 1. The van der Waals surface area contributed by atoms with E-state index in [9.17, 15) is 13.2 Å². The van der Waals surface area contributed by atoms with Gasteiger partial charge in [0, 0.05) is 16.6 Å². The maximum Gasteiger partial charge on any atom is 0.251 e. The van der Waals surface area contributed by atoms with E-state index in [0.29, 0.717) is 21.8 Å². The fraction of sp³-hybridized carbons (Fsp3) is 0.381. The summed E-state index contributed by atoms with van der Waals surface area (Å²) in [6, 6.07) is 13.9. The average molecular weight is 436 g/mol. The Bertz CT molecular complexity index is 955. The topological polar surface area (TPSA) is 69.7 Å². The normalized spacial score (nSPS) is 15.8. The number of rotatable bonds is 6. The van der Waals surface area contributed by atoms with Crippen LogP contribution in [0.3, 0.4) is 0 Å². The van der Waals surface area contributed by atoms with Crippen molar-refractivity contribution in [2.75, 3.05) is 30.7 Å². The molecule has 0 saturated carbocycles. The molecule has 29 heavy (non-hydrogen) atoms. The number of hydrogen-bond acceptors (Lipinski definition) is 4. The fourth-order valence-electron chi connectivity index (χ4n) is 3.38. The Labute approximate surface area is 177 Å². The number of carbonyl (C=O) groups is 1. The van der Waals surface area contributed by atoms with Gasteiger partial charge in [0.2, 0.25) is 10.0 Å². The highest BCUT2D eigenvalue weighted by Gasteiger charge is 2.21. The lowest BCUT2D eigenvalue weighted by Gasteiger charge is -2.29. The zero-order valence-corrected chi connectivity index (χ0v) is 18.2. The molecule has 2 aromatic carbocycles. The van der Waals surface area contributed by atoms with Crippen LogP contribution >= 0.6 is 11.6 Å². The molecule has 0 aromatic heterocycles. The molecule has 0 atom stereocenters. The highest BCUT2D eigenvalue weighted by molar-refractivity contribution is 7.92. The van der Waals surface area contributed by atoms with Crippen molar-refractivity contribution in [2.24, 2.45) is 0 Å². The third kappa shape index (κ3) is 5.72.